The molecule has 9 nitrogen and oxygen atoms in total. The minimum atomic E-state index is -0.189. The van der Waals surface area contributed by atoms with Crippen molar-refractivity contribution in [3.05, 3.63) is 105 Å². The van der Waals surface area contributed by atoms with Gasteiger partial charge in [0.05, 0.1) is 29.0 Å². The number of aromatic nitrogens is 1. The lowest BCUT2D eigenvalue weighted by molar-refractivity contribution is 0.0746. The number of nitrogens with one attached hydrogen (secondary N) is 1. The smallest absolute Gasteiger partial charge is 0.265 e. The number of nitrogens with zero attached hydrogens (tertiary/aromatic N) is 4. The summed E-state index contributed by atoms with van der Waals surface area (Å²) in [7, 11) is 1.67. The van der Waals surface area contributed by atoms with Crippen LogP contribution in [0, 0.1) is 5.92 Å². The summed E-state index contributed by atoms with van der Waals surface area (Å²) in [6, 6.07) is 22.8. The Kier molecular flexibility index (Phi) is 7.59. The molecule has 0 spiro atoms. The van der Waals surface area contributed by atoms with Crippen LogP contribution in [-0.4, -0.2) is 67.7 Å². The van der Waals surface area contributed by atoms with Crippen molar-refractivity contribution in [1.82, 2.24) is 9.47 Å². The standard InChI is InChI=1S/C34H35N5O4S/c1-43-30-8-3-2-6-29(30)36-13-15-37(16-14-36)34(42)24-11-12-28(26(19-24)35-33(41)31-9-5-17-44-31)38-20-23-18-25(22-38)27-7-4-10-32(40)39(27)21-23/h2-12,17,19,23,25H,13-16,18,20-22H2,1H3,(H,35,41)/t23-,25+/m1/s1. The molecule has 5 heterocycles. The van der Waals surface area contributed by atoms with E-state index >= 15 is 0 Å². The van der Waals surface area contributed by atoms with Gasteiger partial charge in [0, 0.05) is 69.1 Å². The summed E-state index contributed by atoms with van der Waals surface area (Å²) < 4.78 is 7.47. The summed E-state index contributed by atoms with van der Waals surface area (Å²) in [5.74, 6) is 1.13. The van der Waals surface area contributed by atoms with Crippen LogP contribution >= 0.6 is 11.3 Å². The normalized spacial score (nSPS) is 19.3. The molecule has 0 aliphatic carbocycles. The third-order valence-corrected chi connectivity index (χ3v) is 9.92. The third kappa shape index (κ3) is 5.34. The van der Waals surface area contributed by atoms with Gasteiger partial charge in [0.2, 0.25) is 0 Å². The van der Waals surface area contributed by atoms with Crippen LogP contribution in [0.4, 0.5) is 17.1 Å². The van der Waals surface area contributed by atoms with E-state index < -0.39 is 0 Å². The van der Waals surface area contributed by atoms with E-state index in [4.69, 9.17) is 4.74 Å². The van der Waals surface area contributed by atoms with E-state index in [9.17, 15) is 14.4 Å². The molecule has 0 radical (unpaired) electrons. The fraction of sp³-hybridized carbons (Fsp3) is 0.324. The van der Waals surface area contributed by atoms with Gasteiger partial charge in [-0.15, -0.1) is 11.3 Å². The molecular weight excluding hydrogens is 574 g/mol. The van der Waals surface area contributed by atoms with Crippen LogP contribution in [0.25, 0.3) is 0 Å². The molecule has 0 saturated carbocycles. The van der Waals surface area contributed by atoms with Gasteiger partial charge in [-0.2, -0.15) is 0 Å². The van der Waals surface area contributed by atoms with Crippen molar-refractivity contribution in [2.24, 2.45) is 5.92 Å². The lowest BCUT2D eigenvalue weighted by Gasteiger charge is -2.44. The summed E-state index contributed by atoms with van der Waals surface area (Å²) in [4.78, 5) is 46.6. The fourth-order valence-electron chi connectivity index (χ4n) is 6.95. The van der Waals surface area contributed by atoms with E-state index in [-0.39, 0.29) is 23.3 Å². The highest BCUT2D eigenvalue weighted by atomic mass is 32.1. The van der Waals surface area contributed by atoms with Crippen LogP contribution in [0.15, 0.2) is 83.0 Å². The number of methoxy groups -OCH3 is 1. The van der Waals surface area contributed by atoms with Crippen LogP contribution in [0.1, 0.15) is 38.1 Å². The van der Waals surface area contributed by atoms with Crippen LogP contribution in [0.5, 0.6) is 5.75 Å². The van der Waals surface area contributed by atoms with Gasteiger partial charge in [0.1, 0.15) is 5.75 Å². The highest BCUT2D eigenvalue weighted by Gasteiger charge is 2.35. The first-order valence-electron chi connectivity index (χ1n) is 15.1. The molecule has 44 heavy (non-hydrogen) atoms. The Balaban J connectivity index is 1.14. The van der Waals surface area contributed by atoms with E-state index in [0.29, 0.717) is 54.8 Å². The van der Waals surface area contributed by atoms with Gasteiger partial charge in [-0.1, -0.05) is 24.3 Å². The largest absolute Gasteiger partial charge is 0.495 e. The summed E-state index contributed by atoms with van der Waals surface area (Å²) in [6.07, 6.45) is 1.04. The number of amides is 2. The van der Waals surface area contributed by atoms with E-state index in [2.05, 4.69) is 21.2 Å². The zero-order chi connectivity index (χ0) is 30.2. The third-order valence-electron chi connectivity index (χ3n) is 9.05. The topological polar surface area (TPSA) is 87.1 Å². The van der Waals surface area contributed by atoms with E-state index in [1.807, 2.05) is 69.4 Å². The molecule has 3 aliphatic heterocycles. The summed E-state index contributed by atoms with van der Waals surface area (Å²) >= 11 is 1.39. The molecule has 0 unspecified atom stereocenters. The highest BCUT2D eigenvalue weighted by molar-refractivity contribution is 7.12. The van der Waals surface area contributed by atoms with Crippen molar-refractivity contribution in [3.63, 3.8) is 0 Å². The molecule has 1 N–H and O–H groups in total. The molecular formula is C34H35N5O4S. The first-order chi connectivity index (χ1) is 21.5. The van der Waals surface area contributed by atoms with Crippen LogP contribution in [-0.2, 0) is 6.54 Å². The molecule has 226 valence electrons. The van der Waals surface area contributed by atoms with Crippen LogP contribution < -0.4 is 25.4 Å². The zero-order valence-electron chi connectivity index (χ0n) is 24.6. The number of thiophene rings is 1. The van der Waals surface area contributed by atoms with Crippen molar-refractivity contribution in [2.75, 3.05) is 61.5 Å². The zero-order valence-corrected chi connectivity index (χ0v) is 25.5. The Morgan fingerprint density at radius 2 is 1.70 bits per heavy atom. The Labute approximate surface area is 260 Å². The quantitative estimate of drug-likeness (QED) is 0.340. The van der Waals surface area contributed by atoms with Gasteiger partial charge in [-0.25, -0.2) is 0 Å². The number of pyridine rings is 1. The maximum Gasteiger partial charge on any atom is 0.265 e. The molecule has 2 bridgehead atoms. The average Bonchev–Trinajstić information content (AvgIpc) is 3.61. The molecule has 7 rings (SSSR count). The fourth-order valence-corrected chi connectivity index (χ4v) is 7.57. The molecule has 4 aromatic rings. The van der Waals surface area contributed by atoms with Crippen molar-refractivity contribution in [3.8, 4) is 5.75 Å². The first kappa shape index (κ1) is 28.2. The molecule has 2 aromatic carbocycles. The average molecular weight is 610 g/mol. The van der Waals surface area contributed by atoms with Gasteiger partial charge in [-0.3, -0.25) is 14.4 Å². The number of rotatable bonds is 6. The predicted molar refractivity (Wildman–Crippen MR) is 174 cm³/mol. The minimum Gasteiger partial charge on any atom is -0.495 e. The maximum atomic E-state index is 13.8. The molecule has 2 amide bonds. The van der Waals surface area contributed by atoms with Crippen molar-refractivity contribution < 1.29 is 14.3 Å². The molecule has 2 saturated heterocycles. The van der Waals surface area contributed by atoms with Gasteiger partial charge >= 0.3 is 0 Å². The molecule has 10 heteroatoms. The number of hydrogen-bond donors (Lipinski definition) is 1. The first-order valence-corrected chi connectivity index (χ1v) is 16.0. The number of piperazine rings is 1. The van der Waals surface area contributed by atoms with Gasteiger partial charge in [-0.05, 0) is 60.2 Å². The Morgan fingerprint density at radius 3 is 2.50 bits per heavy atom. The van der Waals surface area contributed by atoms with Gasteiger partial charge in [0.25, 0.3) is 17.4 Å². The second-order valence-corrected chi connectivity index (χ2v) is 12.7. The maximum absolute atomic E-state index is 13.8. The number of anilines is 3. The molecule has 2 aromatic heterocycles. The summed E-state index contributed by atoms with van der Waals surface area (Å²) in [6.45, 7) is 4.78. The number of hydrogen-bond acceptors (Lipinski definition) is 7. The number of piperidine rings is 1. The number of fused-ring (bicyclic) bond motifs is 4. The number of benzene rings is 2. The summed E-state index contributed by atoms with van der Waals surface area (Å²) in [5, 5.41) is 5.01. The Bertz CT molecular complexity index is 1740. The lowest BCUT2D eigenvalue weighted by Crippen LogP contribution is -2.49. The Hall–Kier alpha value is -4.57. The van der Waals surface area contributed by atoms with Gasteiger partial charge in [0.15, 0.2) is 0 Å². The van der Waals surface area contributed by atoms with E-state index in [1.54, 1.807) is 19.2 Å². The second-order valence-electron chi connectivity index (χ2n) is 11.7. The van der Waals surface area contributed by atoms with Crippen LogP contribution in [0.3, 0.4) is 0 Å². The number of para-hydroxylation sites is 2. The summed E-state index contributed by atoms with van der Waals surface area (Å²) in [5.41, 5.74) is 4.24. The monoisotopic (exact) mass is 609 g/mol. The second kappa shape index (κ2) is 11.8. The molecule has 3 aliphatic rings. The van der Waals surface area contributed by atoms with Crippen LogP contribution in [0.2, 0.25) is 0 Å². The lowest BCUT2D eigenvalue weighted by atomic mass is 9.83. The molecule has 2 fully saturated rings. The SMILES string of the molecule is COc1ccccc1N1CCN(C(=O)c2ccc(N3C[C@H]4C[C@@H](C3)c3cccc(=O)n3C4)c(NC(=O)c3cccs3)c2)CC1. The van der Waals surface area contributed by atoms with Crippen molar-refractivity contribution in [1.29, 1.82) is 0 Å². The highest BCUT2D eigenvalue weighted by Crippen LogP contribution is 2.39. The van der Waals surface area contributed by atoms with Gasteiger partial charge < -0.3 is 29.3 Å². The number of carbonyl (C=O) groups excluding carboxylic acids is 2. The molecule has 2 atom stereocenters. The van der Waals surface area contributed by atoms with Crippen molar-refractivity contribution >= 4 is 40.2 Å². The number of ether oxygens (including phenoxy) is 1. The predicted octanol–water partition coefficient (Wildman–Crippen LogP) is 4.76. The minimum absolute atomic E-state index is 0.0494. The Morgan fingerprint density at radius 1 is 0.864 bits per heavy atom. The van der Waals surface area contributed by atoms with Crippen molar-refractivity contribution in [2.45, 2.75) is 18.9 Å². The van der Waals surface area contributed by atoms with E-state index in [1.165, 1.54) is 11.3 Å². The van der Waals surface area contributed by atoms with E-state index in [0.717, 1.165) is 42.3 Å². The number of carbonyl (C=O) groups is 2.